The van der Waals surface area contributed by atoms with Crippen LogP contribution in [0.15, 0.2) is 55.1 Å². The molecule has 3 rings (SSSR count). The van der Waals surface area contributed by atoms with Crippen LogP contribution in [0.3, 0.4) is 0 Å². The molecular formula is C18H16F3N5O2. The maximum atomic E-state index is 12.6. The molecule has 2 N–H and O–H groups in total. The number of hydrogen-bond acceptors (Lipinski definition) is 5. The number of ether oxygens (including phenoxy) is 1. The molecule has 0 fully saturated rings. The van der Waals surface area contributed by atoms with E-state index in [-0.39, 0.29) is 11.4 Å². The largest absolute Gasteiger partial charge is 0.573 e. The molecular weight excluding hydrogens is 375 g/mol. The van der Waals surface area contributed by atoms with Crippen molar-refractivity contribution in [2.45, 2.75) is 12.9 Å². The number of aromatic nitrogens is 3. The Labute approximate surface area is 158 Å². The lowest BCUT2D eigenvalue weighted by Gasteiger charge is -2.11. The summed E-state index contributed by atoms with van der Waals surface area (Å²) in [7, 11) is 1.67. The summed E-state index contributed by atoms with van der Waals surface area (Å²) in [4.78, 5) is 20.7. The summed E-state index contributed by atoms with van der Waals surface area (Å²) in [5.41, 5.74) is 1.57. The fourth-order valence-corrected chi connectivity index (χ4v) is 2.44. The molecule has 0 saturated heterocycles. The van der Waals surface area contributed by atoms with Gasteiger partial charge in [-0.25, -0.2) is 4.98 Å². The molecule has 0 unspecified atom stereocenters. The molecule has 0 aliphatic carbocycles. The molecule has 0 radical (unpaired) electrons. The van der Waals surface area contributed by atoms with E-state index in [1.165, 1.54) is 18.5 Å². The van der Waals surface area contributed by atoms with Crippen LogP contribution in [0.5, 0.6) is 5.75 Å². The van der Waals surface area contributed by atoms with Crippen molar-refractivity contribution in [2.24, 2.45) is 7.05 Å². The monoisotopic (exact) mass is 391 g/mol. The zero-order chi connectivity index (χ0) is 20.1. The number of alkyl halides is 3. The number of halogens is 3. The second-order valence-electron chi connectivity index (χ2n) is 5.79. The first-order valence-corrected chi connectivity index (χ1v) is 8.13. The standard InChI is InChI=1S/C18H16F3N5O2/c1-26-11-24-16(23-10-12-6-8-22-9-7-12)15(26)17(27)25-13-2-4-14(5-3-13)28-18(19,20)21/h2-9,11,23H,10H2,1H3,(H,25,27). The van der Waals surface area contributed by atoms with Crippen molar-refractivity contribution in [3.63, 3.8) is 0 Å². The average Bonchev–Trinajstić information content (AvgIpc) is 3.02. The summed E-state index contributed by atoms with van der Waals surface area (Å²) < 4.78 is 42.0. The van der Waals surface area contributed by atoms with Crippen molar-refractivity contribution in [3.05, 3.63) is 66.4 Å². The van der Waals surface area contributed by atoms with Crippen LogP contribution >= 0.6 is 0 Å². The second-order valence-corrected chi connectivity index (χ2v) is 5.79. The number of pyridine rings is 1. The quantitative estimate of drug-likeness (QED) is 0.671. The Morgan fingerprint density at radius 2 is 1.82 bits per heavy atom. The van der Waals surface area contributed by atoms with Gasteiger partial charge < -0.3 is 19.9 Å². The molecule has 0 saturated carbocycles. The van der Waals surface area contributed by atoms with E-state index in [4.69, 9.17) is 0 Å². The summed E-state index contributed by atoms with van der Waals surface area (Å²) >= 11 is 0. The molecule has 28 heavy (non-hydrogen) atoms. The van der Waals surface area contributed by atoms with Crippen LogP contribution in [0.4, 0.5) is 24.7 Å². The lowest BCUT2D eigenvalue weighted by molar-refractivity contribution is -0.274. The first-order chi connectivity index (χ1) is 13.3. The fraction of sp³-hybridized carbons (Fsp3) is 0.167. The van der Waals surface area contributed by atoms with Crippen molar-refractivity contribution in [1.29, 1.82) is 0 Å². The minimum Gasteiger partial charge on any atom is -0.406 e. The van der Waals surface area contributed by atoms with Crippen molar-refractivity contribution in [3.8, 4) is 5.75 Å². The second kappa shape index (κ2) is 7.99. The number of nitrogens with zero attached hydrogens (tertiary/aromatic N) is 3. The topological polar surface area (TPSA) is 81.1 Å². The highest BCUT2D eigenvalue weighted by Gasteiger charge is 2.31. The van der Waals surface area contributed by atoms with E-state index in [9.17, 15) is 18.0 Å². The van der Waals surface area contributed by atoms with Gasteiger partial charge in [-0.15, -0.1) is 13.2 Å². The van der Waals surface area contributed by atoms with E-state index in [0.29, 0.717) is 18.1 Å². The SMILES string of the molecule is Cn1cnc(NCc2ccncc2)c1C(=O)Nc1ccc(OC(F)(F)F)cc1. The third-order valence-electron chi connectivity index (χ3n) is 3.71. The summed E-state index contributed by atoms with van der Waals surface area (Å²) in [6.45, 7) is 0.448. The Kier molecular flexibility index (Phi) is 5.48. The van der Waals surface area contributed by atoms with E-state index in [1.54, 1.807) is 24.0 Å². The van der Waals surface area contributed by atoms with Gasteiger partial charge >= 0.3 is 6.36 Å². The van der Waals surface area contributed by atoms with Crippen molar-refractivity contribution in [2.75, 3.05) is 10.6 Å². The van der Waals surface area contributed by atoms with Gasteiger partial charge in [-0.1, -0.05) is 0 Å². The van der Waals surface area contributed by atoms with Crippen molar-refractivity contribution < 1.29 is 22.7 Å². The third kappa shape index (κ3) is 5.00. The molecule has 0 spiro atoms. The third-order valence-corrected chi connectivity index (χ3v) is 3.71. The van der Waals surface area contributed by atoms with E-state index in [1.807, 2.05) is 12.1 Å². The minimum absolute atomic E-state index is 0.282. The molecule has 0 bridgehead atoms. The lowest BCUT2D eigenvalue weighted by Crippen LogP contribution is -2.18. The highest BCUT2D eigenvalue weighted by atomic mass is 19.4. The molecule has 7 nitrogen and oxygen atoms in total. The van der Waals surface area contributed by atoms with Crippen LogP contribution in [-0.2, 0) is 13.6 Å². The zero-order valence-electron chi connectivity index (χ0n) is 14.7. The summed E-state index contributed by atoms with van der Waals surface area (Å²) in [6.07, 6.45) is 0.0450. The van der Waals surface area contributed by atoms with Gasteiger partial charge in [-0.3, -0.25) is 9.78 Å². The summed E-state index contributed by atoms with van der Waals surface area (Å²) in [5, 5.41) is 5.71. The summed E-state index contributed by atoms with van der Waals surface area (Å²) in [5.74, 6) is -0.443. The molecule has 1 amide bonds. The molecule has 3 aromatic rings. The number of anilines is 2. The number of hydrogen-bond donors (Lipinski definition) is 2. The molecule has 2 heterocycles. The smallest absolute Gasteiger partial charge is 0.406 e. The number of imidazole rings is 1. The van der Waals surface area contributed by atoms with Crippen LogP contribution < -0.4 is 15.4 Å². The van der Waals surface area contributed by atoms with E-state index in [0.717, 1.165) is 17.7 Å². The van der Waals surface area contributed by atoms with Crippen LogP contribution in [0.1, 0.15) is 16.1 Å². The van der Waals surface area contributed by atoms with Crippen LogP contribution in [0, 0.1) is 0 Å². The summed E-state index contributed by atoms with van der Waals surface area (Å²) in [6, 6.07) is 8.54. The van der Waals surface area contributed by atoms with Crippen LogP contribution in [-0.4, -0.2) is 26.8 Å². The Morgan fingerprint density at radius 1 is 1.14 bits per heavy atom. The van der Waals surface area contributed by atoms with Gasteiger partial charge in [0.2, 0.25) is 0 Å². The minimum atomic E-state index is -4.77. The Hall–Kier alpha value is -3.56. The molecule has 2 aromatic heterocycles. The maximum absolute atomic E-state index is 12.6. The molecule has 1 aromatic carbocycles. The number of carbonyl (C=O) groups is 1. The lowest BCUT2D eigenvalue weighted by atomic mass is 10.2. The fourth-order valence-electron chi connectivity index (χ4n) is 2.44. The van der Waals surface area contributed by atoms with Gasteiger partial charge in [0.25, 0.3) is 5.91 Å². The first-order valence-electron chi connectivity index (χ1n) is 8.13. The predicted molar refractivity (Wildman–Crippen MR) is 95.8 cm³/mol. The number of benzene rings is 1. The maximum Gasteiger partial charge on any atom is 0.573 e. The molecule has 10 heteroatoms. The van der Waals surface area contributed by atoms with Crippen molar-refractivity contribution >= 4 is 17.4 Å². The number of aryl methyl sites for hydroxylation is 1. The first kappa shape index (κ1) is 19.2. The molecule has 0 aliphatic rings. The molecule has 0 atom stereocenters. The van der Waals surface area contributed by atoms with Gasteiger partial charge in [0.1, 0.15) is 5.75 Å². The van der Waals surface area contributed by atoms with Gasteiger partial charge in [0.05, 0.1) is 6.33 Å². The van der Waals surface area contributed by atoms with Gasteiger partial charge in [0, 0.05) is 31.7 Å². The average molecular weight is 391 g/mol. The van der Waals surface area contributed by atoms with Crippen molar-refractivity contribution in [1.82, 2.24) is 14.5 Å². The Bertz CT molecular complexity index is 940. The molecule has 146 valence electrons. The zero-order valence-corrected chi connectivity index (χ0v) is 14.7. The highest BCUT2D eigenvalue weighted by Crippen LogP contribution is 2.24. The van der Waals surface area contributed by atoms with E-state index in [2.05, 4.69) is 25.3 Å². The van der Waals surface area contributed by atoms with Crippen LogP contribution in [0.2, 0.25) is 0 Å². The van der Waals surface area contributed by atoms with Crippen LogP contribution in [0.25, 0.3) is 0 Å². The Balaban J connectivity index is 1.68. The van der Waals surface area contributed by atoms with Gasteiger partial charge in [0.15, 0.2) is 11.5 Å². The van der Waals surface area contributed by atoms with E-state index >= 15 is 0 Å². The number of rotatable bonds is 6. The van der Waals surface area contributed by atoms with E-state index < -0.39 is 12.3 Å². The predicted octanol–water partition coefficient (Wildman–Crippen LogP) is 3.58. The van der Waals surface area contributed by atoms with Gasteiger partial charge in [-0.05, 0) is 42.0 Å². The normalized spacial score (nSPS) is 11.1. The van der Waals surface area contributed by atoms with Gasteiger partial charge in [-0.2, -0.15) is 0 Å². The Morgan fingerprint density at radius 3 is 2.46 bits per heavy atom. The highest BCUT2D eigenvalue weighted by molar-refractivity contribution is 6.06. The number of nitrogens with one attached hydrogen (secondary N) is 2. The number of carbonyl (C=O) groups excluding carboxylic acids is 1. The number of amides is 1. The molecule has 0 aliphatic heterocycles.